The second-order valence-corrected chi connectivity index (χ2v) is 5.86. The third-order valence-corrected chi connectivity index (χ3v) is 4.29. The van der Waals surface area contributed by atoms with Gasteiger partial charge in [0.1, 0.15) is 10.3 Å². The molecular weight excluding hydrogens is 301 g/mol. The lowest BCUT2D eigenvalue weighted by Gasteiger charge is -2.07. The van der Waals surface area contributed by atoms with Gasteiger partial charge in [0, 0.05) is 17.1 Å². The van der Waals surface area contributed by atoms with Crippen LogP contribution in [-0.4, -0.2) is 15.0 Å². The molecule has 0 radical (unpaired) electrons. The summed E-state index contributed by atoms with van der Waals surface area (Å²) in [5.41, 5.74) is 4.08. The summed E-state index contributed by atoms with van der Waals surface area (Å²) in [6.07, 6.45) is 0. The molecule has 0 unspecified atom stereocenters. The Morgan fingerprint density at radius 3 is 2.21 bits per heavy atom. The standard InChI is InChI=1S/C13H13Cl2N3S/c1-7-8(2)16-13(17-9(7)3)19-6-10-4-5-11(14)18-12(10)15/h4-5H,6H2,1-3H3. The van der Waals surface area contributed by atoms with Gasteiger partial charge in [0.15, 0.2) is 5.16 Å². The van der Waals surface area contributed by atoms with Crippen LogP contribution in [-0.2, 0) is 5.75 Å². The molecule has 0 N–H and O–H groups in total. The Kier molecular flexibility index (Phi) is 4.66. The zero-order valence-corrected chi connectivity index (χ0v) is 13.2. The van der Waals surface area contributed by atoms with Gasteiger partial charge in [-0.25, -0.2) is 15.0 Å². The van der Waals surface area contributed by atoms with Crippen molar-refractivity contribution in [1.29, 1.82) is 0 Å². The van der Waals surface area contributed by atoms with E-state index in [0.717, 1.165) is 27.7 Å². The van der Waals surface area contributed by atoms with Crippen molar-refractivity contribution in [1.82, 2.24) is 15.0 Å². The predicted molar refractivity (Wildman–Crippen MR) is 80.1 cm³/mol. The first-order valence-electron chi connectivity index (χ1n) is 5.73. The number of hydrogen-bond donors (Lipinski definition) is 0. The first kappa shape index (κ1) is 14.6. The zero-order valence-electron chi connectivity index (χ0n) is 10.9. The Hall–Kier alpha value is -0.840. The van der Waals surface area contributed by atoms with Crippen LogP contribution in [0.25, 0.3) is 0 Å². The van der Waals surface area contributed by atoms with Crippen molar-refractivity contribution in [2.45, 2.75) is 31.7 Å². The molecule has 3 nitrogen and oxygen atoms in total. The lowest BCUT2D eigenvalue weighted by atomic mass is 10.2. The predicted octanol–water partition coefficient (Wildman–Crippen LogP) is 4.40. The van der Waals surface area contributed by atoms with Crippen LogP contribution in [0, 0.1) is 20.8 Å². The van der Waals surface area contributed by atoms with Crippen molar-refractivity contribution >= 4 is 35.0 Å². The Bertz CT molecular complexity index is 594. The number of aryl methyl sites for hydroxylation is 2. The molecule has 0 amide bonds. The largest absolute Gasteiger partial charge is 0.228 e. The van der Waals surface area contributed by atoms with E-state index in [9.17, 15) is 0 Å². The Labute approximate surface area is 126 Å². The van der Waals surface area contributed by atoms with Crippen LogP contribution in [0.4, 0.5) is 0 Å². The summed E-state index contributed by atoms with van der Waals surface area (Å²) >= 11 is 13.3. The van der Waals surface area contributed by atoms with Gasteiger partial charge in [0.25, 0.3) is 0 Å². The molecule has 0 spiro atoms. The number of pyridine rings is 1. The fraction of sp³-hybridized carbons (Fsp3) is 0.308. The summed E-state index contributed by atoms with van der Waals surface area (Å²) in [6.45, 7) is 6.01. The quantitative estimate of drug-likeness (QED) is 0.478. The minimum Gasteiger partial charge on any atom is -0.228 e. The topological polar surface area (TPSA) is 38.7 Å². The molecule has 0 aromatic carbocycles. The van der Waals surface area contributed by atoms with Crippen molar-refractivity contribution in [3.8, 4) is 0 Å². The van der Waals surface area contributed by atoms with E-state index in [1.54, 1.807) is 17.8 Å². The number of nitrogens with zero attached hydrogens (tertiary/aromatic N) is 3. The van der Waals surface area contributed by atoms with Crippen molar-refractivity contribution in [2.75, 3.05) is 0 Å². The van der Waals surface area contributed by atoms with Crippen molar-refractivity contribution < 1.29 is 0 Å². The lowest BCUT2D eigenvalue weighted by Crippen LogP contribution is -1.98. The van der Waals surface area contributed by atoms with Crippen molar-refractivity contribution in [2.24, 2.45) is 0 Å². The fourth-order valence-corrected chi connectivity index (χ4v) is 2.91. The first-order chi connectivity index (χ1) is 8.97. The summed E-state index contributed by atoms with van der Waals surface area (Å²) in [6, 6.07) is 3.61. The van der Waals surface area contributed by atoms with Crippen LogP contribution in [0.3, 0.4) is 0 Å². The van der Waals surface area contributed by atoms with Gasteiger partial charge in [-0.2, -0.15) is 0 Å². The molecule has 19 heavy (non-hydrogen) atoms. The Morgan fingerprint density at radius 1 is 1.00 bits per heavy atom. The minimum atomic E-state index is 0.400. The maximum atomic E-state index is 6.03. The van der Waals surface area contributed by atoms with E-state index in [1.165, 1.54) is 0 Å². The summed E-state index contributed by atoms with van der Waals surface area (Å²) in [4.78, 5) is 12.9. The van der Waals surface area contributed by atoms with E-state index >= 15 is 0 Å². The van der Waals surface area contributed by atoms with Gasteiger partial charge in [0.2, 0.25) is 0 Å². The number of halogens is 2. The van der Waals surface area contributed by atoms with E-state index in [0.29, 0.717) is 16.1 Å². The summed E-state index contributed by atoms with van der Waals surface area (Å²) in [5, 5.41) is 1.59. The molecule has 0 saturated carbocycles. The van der Waals surface area contributed by atoms with E-state index in [2.05, 4.69) is 15.0 Å². The SMILES string of the molecule is Cc1nc(SCc2ccc(Cl)nc2Cl)nc(C)c1C. The van der Waals surface area contributed by atoms with Crippen LogP contribution in [0.1, 0.15) is 22.5 Å². The summed E-state index contributed by atoms with van der Waals surface area (Å²) < 4.78 is 0. The van der Waals surface area contributed by atoms with Gasteiger partial charge in [-0.1, -0.05) is 41.0 Å². The average molecular weight is 314 g/mol. The summed E-state index contributed by atoms with van der Waals surface area (Å²) in [7, 11) is 0. The average Bonchev–Trinajstić information content (AvgIpc) is 2.34. The molecule has 0 aliphatic carbocycles. The van der Waals surface area contributed by atoms with E-state index < -0.39 is 0 Å². The molecule has 0 fully saturated rings. The highest BCUT2D eigenvalue weighted by molar-refractivity contribution is 7.98. The monoisotopic (exact) mass is 313 g/mol. The number of hydrogen-bond acceptors (Lipinski definition) is 4. The highest BCUT2D eigenvalue weighted by Gasteiger charge is 2.08. The molecule has 2 heterocycles. The highest BCUT2D eigenvalue weighted by Crippen LogP contribution is 2.25. The first-order valence-corrected chi connectivity index (χ1v) is 7.47. The maximum absolute atomic E-state index is 6.03. The minimum absolute atomic E-state index is 0.400. The van der Waals surface area contributed by atoms with E-state index in [4.69, 9.17) is 23.2 Å². The smallest absolute Gasteiger partial charge is 0.188 e. The molecule has 0 aliphatic rings. The normalized spacial score (nSPS) is 10.8. The molecular formula is C13H13Cl2N3S. The fourth-order valence-electron chi connectivity index (χ4n) is 1.50. The van der Waals surface area contributed by atoms with Crippen LogP contribution in [0.5, 0.6) is 0 Å². The van der Waals surface area contributed by atoms with Crippen molar-refractivity contribution in [3.63, 3.8) is 0 Å². The van der Waals surface area contributed by atoms with Gasteiger partial charge in [-0.3, -0.25) is 0 Å². The molecule has 2 aromatic heterocycles. The number of aromatic nitrogens is 3. The van der Waals surface area contributed by atoms with Gasteiger partial charge in [-0.05, 0) is 38.0 Å². The molecule has 0 saturated heterocycles. The van der Waals surface area contributed by atoms with Crippen LogP contribution in [0.2, 0.25) is 10.3 Å². The maximum Gasteiger partial charge on any atom is 0.188 e. The van der Waals surface area contributed by atoms with Crippen molar-refractivity contribution in [3.05, 3.63) is 45.0 Å². The van der Waals surface area contributed by atoms with Gasteiger partial charge in [0.05, 0.1) is 0 Å². The molecule has 0 bridgehead atoms. The van der Waals surface area contributed by atoms with E-state index in [1.807, 2.05) is 26.8 Å². The van der Waals surface area contributed by atoms with Crippen LogP contribution >= 0.6 is 35.0 Å². The molecule has 100 valence electrons. The van der Waals surface area contributed by atoms with Gasteiger partial charge < -0.3 is 0 Å². The zero-order chi connectivity index (χ0) is 14.0. The molecule has 0 atom stereocenters. The van der Waals surface area contributed by atoms with Gasteiger partial charge in [-0.15, -0.1) is 0 Å². The third-order valence-electron chi connectivity index (χ3n) is 2.86. The van der Waals surface area contributed by atoms with Crippen LogP contribution < -0.4 is 0 Å². The highest BCUT2D eigenvalue weighted by atomic mass is 35.5. The molecule has 0 aliphatic heterocycles. The second kappa shape index (κ2) is 6.07. The Morgan fingerprint density at radius 2 is 1.63 bits per heavy atom. The van der Waals surface area contributed by atoms with Gasteiger partial charge >= 0.3 is 0 Å². The summed E-state index contributed by atoms with van der Waals surface area (Å²) in [5.74, 6) is 0.672. The molecule has 2 aromatic rings. The third kappa shape index (κ3) is 3.59. The van der Waals surface area contributed by atoms with Crippen LogP contribution in [0.15, 0.2) is 17.3 Å². The molecule has 6 heteroatoms. The van der Waals surface area contributed by atoms with E-state index in [-0.39, 0.29) is 0 Å². The second-order valence-electron chi connectivity index (χ2n) is 4.17. The Balaban J connectivity index is 2.14. The molecule has 2 rings (SSSR count). The number of thioether (sulfide) groups is 1. The lowest BCUT2D eigenvalue weighted by molar-refractivity contribution is 0.880. The number of rotatable bonds is 3.